The number of aliphatic hydroxyl groups is 1. The van der Waals surface area contributed by atoms with Crippen LogP contribution in [0.1, 0.15) is 29.8 Å². The van der Waals surface area contributed by atoms with E-state index in [0.29, 0.717) is 0 Å². The minimum Gasteiger partial charge on any atom is -0.390 e. The molecular weight excluding hydrogens is 232 g/mol. The molecule has 0 radical (unpaired) electrons. The summed E-state index contributed by atoms with van der Waals surface area (Å²) >= 11 is 1.73. The minimum absolute atomic E-state index is 0.0553. The van der Waals surface area contributed by atoms with Gasteiger partial charge in [0.15, 0.2) is 5.82 Å². The molecule has 0 saturated carbocycles. The lowest BCUT2D eigenvalue weighted by molar-refractivity contribution is 0.275. The third kappa shape index (κ3) is 1.72. The summed E-state index contributed by atoms with van der Waals surface area (Å²) in [4.78, 5) is 5.88. The smallest absolute Gasteiger partial charge is 0.150 e. The van der Waals surface area contributed by atoms with Crippen molar-refractivity contribution in [3.63, 3.8) is 0 Å². The predicted molar refractivity (Wildman–Crippen MR) is 69.1 cm³/mol. The number of thiophene rings is 1. The van der Waals surface area contributed by atoms with Gasteiger partial charge in [0.1, 0.15) is 0 Å². The number of aryl methyl sites for hydroxylation is 1. The van der Waals surface area contributed by atoms with E-state index in [4.69, 9.17) is 0 Å². The van der Waals surface area contributed by atoms with E-state index >= 15 is 0 Å². The first-order valence-electron chi connectivity index (χ1n) is 6.05. The highest BCUT2D eigenvalue weighted by Gasteiger charge is 2.21. The van der Waals surface area contributed by atoms with Gasteiger partial charge in [0, 0.05) is 12.2 Å². The van der Waals surface area contributed by atoms with Crippen LogP contribution >= 0.6 is 11.3 Å². The molecule has 0 bridgehead atoms. The fourth-order valence-electron chi connectivity index (χ4n) is 2.52. The van der Waals surface area contributed by atoms with Gasteiger partial charge in [0.05, 0.1) is 17.2 Å². The third-order valence-corrected chi connectivity index (χ3v) is 4.43. The van der Waals surface area contributed by atoms with E-state index in [9.17, 15) is 5.11 Å². The maximum Gasteiger partial charge on any atom is 0.150 e. The molecule has 3 heterocycles. The summed E-state index contributed by atoms with van der Waals surface area (Å²) < 4.78 is 2.30. The van der Waals surface area contributed by atoms with Gasteiger partial charge in [-0.25, -0.2) is 4.98 Å². The zero-order valence-electron chi connectivity index (χ0n) is 9.94. The lowest BCUT2D eigenvalue weighted by Gasteiger charge is -2.17. The maximum atomic E-state index is 9.40. The number of aromatic nitrogens is 2. The lowest BCUT2D eigenvalue weighted by atomic mass is 10.1. The van der Waals surface area contributed by atoms with Crippen molar-refractivity contribution < 1.29 is 5.11 Å². The summed E-state index contributed by atoms with van der Waals surface area (Å²) in [5.41, 5.74) is 3.38. The first kappa shape index (κ1) is 11.0. The number of hydrogen-bond donors (Lipinski definition) is 1. The zero-order valence-corrected chi connectivity index (χ0v) is 10.8. The molecule has 0 amide bonds. The Morgan fingerprint density at radius 3 is 3.06 bits per heavy atom. The maximum absolute atomic E-state index is 9.40. The Morgan fingerprint density at radius 1 is 1.47 bits per heavy atom. The SMILES string of the molecule is Cc1ccsc1-c1nc(CO)c2n1CCCC2. The molecule has 0 spiro atoms. The van der Waals surface area contributed by atoms with Gasteiger partial charge in [-0.2, -0.15) is 0 Å². The molecule has 1 aliphatic heterocycles. The summed E-state index contributed by atoms with van der Waals surface area (Å²) in [5.74, 6) is 1.05. The Balaban J connectivity index is 2.17. The minimum atomic E-state index is 0.0553. The number of aliphatic hydroxyl groups excluding tert-OH is 1. The Kier molecular flexibility index (Phi) is 2.76. The number of imidazole rings is 1. The molecule has 3 rings (SSSR count). The summed E-state index contributed by atoms with van der Waals surface area (Å²) in [6, 6.07) is 2.13. The number of rotatable bonds is 2. The van der Waals surface area contributed by atoms with Gasteiger partial charge in [-0.1, -0.05) is 0 Å². The molecule has 0 aliphatic carbocycles. The quantitative estimate of drug-likeness (QED) is 0.887. The standard InChI is InChI=1S/C13H16N2OS/c1-9-5-7-17-12(9)13-14-10(8-16)11-4-2-3-6-15(11)13/h5,7,16H,2-4,6,8H2,1H3. The second kappa shape index (κ2) is 4.27. The first-order valence-corrected chi connectivity index (χ1v) is 6.93. The molecule has 2 aromatic rings. The molecule has 0 unspecified atom stereocenters. The summed E-state index contributed by atoms with van der Waals surface area (Å²) in [7, 11) is 0. The normalized spacial score (nSPS) is 14.9. The van der Waals surface area contributed by atoms with Crippen LogP contribution < -0.4 is 0 Å². The Bertz CT molecular complexity index is 542. The van der Waals surface area contributed by atoms with Crippen molar-refractivity contribution in [3.05, 3.63) is 28.4 Å². The van der Waals surface area contributed by atoms with Gasteiger partial charge in [-0.15, -0.1) is 11.3 Å². The van der Waals surface area contributed by atoms with Gasteiger partial charge in [-0.05, 0) is 43.2 Å². The van der Waals surface area contributed by atoms with Crippen molar-refractivity contribution in [1.29, 1.82) is 0 Å². The monoisotopic (exact) mass is 248 g/mol. The van der Waals surface area contributed by atoms with Crippen molar-refractivity contribution in [3.8, 4) is 10.7 Å². The molecule has 0 fully saturated rings. The van der Waals surface area contributed by atoms with Gasteiger partial charge in [0.25, 0.3) is 0 Å². The van der Waals surface area contributed by atoms with Crippen LogP contribution in [0.15, 0.2) is 11.4 Å². The second-order valence-electron chi connectivity index (χ2n) is 4.53. The topological polar surface area (TPSA) is 38.1 Å². The lowest BCUT2D eigenvalue weighted by Crippen LogP contribution is -2.11. The van der Waals surface area contributed by atoms with Crippen molar-refractivity contribution >= 4 is 11.3 Å². The van der Waals surface area contributed by atoms with E-state index in [1.165, 1.54) is 29.0 Å². The van der Waals surface area contributed by atoms with E-state index in [2.05, 4.69) is 27.9 Å². The molecule has 3 nitrogen and oxygen atoms in total. The number of hydrogen-bond acceptors (Lipinski definition) is 3. The Morgan fingerprint density at radius 2 is 2.35 bits per heavy atom. The predicted octanol–water partition coefficient (Wildman–Crippen LogP) is 2.75. The molecule has 0 atom stereocenters. The molecule has 1 N–H and O–H groups in total. The molecular formula is C13H16N2OS. The van der Waals surface area contributed by atoms with Crippen LogP contribution in [-0.4, -0.2) is 14.7 Å². The van der Waals surface area contributed by atoms with Crippen LogP contribution in [0.3, 0.4) is 0 Å². The van der Waals surface area contributed by atoms with Crippen molar-refractivity contribution in [2.24, 2.45) is 0 Å². The first-order chi connectivity index (χ1) is 8.31. The molecule has 0 aromatic carbocycles. The molecule has 4 heteroatoms. The largest absolute Gasteiger partial charge is 0.390 e. The Hall–Kier alpha value is -1.13. The van der Waals surface area contributed by atoms with Crippen molar-refractivity contribution in [2.45, 2.75) is 39.3 Å². The van der Waals surface area contributed by atoms with Crippen molar-refractivity contribution in [2.75, 3.05) is 0 Å². The van der Waals surface area contributed by atoms with Crippen LogP contribution in [0, 0.1) is 6.92 Å². The highest BCUT2D eigenvalue weighted by molar-refractivity contribution is 7.13. The third-order valence-electron chi connectivity index (χ3n) is 3.42. The summed E-state index contributed by atoms with van der Waals surface area (Å²) in [6.45, 7) is 3.21. The molecule has 0 saturated heterocycles. The molecule has 90 valence electrons. The van der Waals surface area contributed by atoms with Crippen LogP contribution in [0.25, 0.3) is 10.7 Å². The number of fused-ring (bicyclic) bond motifs is 1. The highest BCUT2D eigenvalue weighted by atomic mass is 32.1. The fraction of sp³-hybridized carbons (Fsp3) is 0.462. The van der Waals surface area contributed by atoms with E-state index in [-0.39, 0.29) is 6.61 Å². The second-order valence-corrected chi connectivity index (χ2v) is 5.44. The van der Waals surface area contributed by atoms with Crippen molar-refractivity contribution in [1.82, 2.24) is 9.55 Å². The summed E-state index contributed by atoms with van der Waals surface area (Å²) in [5, 5.41) is 11.5. The zero-order chi connectivity index (χ0) is 11.8. The van der Waals surface area contributed by atoms with Gasteiger partial charge in [0.2, 0.25) is 0 Å². The van der Waals surface area contributed by atoms with E-state index in [1.807, 2.05) is 0 Å². The number of nitrogens with zero attached hydrogens (tertiary/aromatic N) is 2. The van der Waals surface area contributed by atoms with Gasteiger partial charge < -0.3 is 9.67 Å². The van der Waals surface area contributed by atoms with E-state index in [1.54, 1.807) is 11.3 Å². The van der Waals surface area contributed by atoms with Gasteiger partial charge in [-0.3, -0.25) is 0 Å². The average molecular weight is 248 g/mol. The van der Waals surface area contributed by atoms with Crippen LogP contribution in [0.2, 0.25) is 0 Å². The highest BCUT2D eigenvalue weighted by Crippen LogP contribution is 2.32. The van der Waals surface area contributed by atoms with E-state index < -0.39 is 0 Å². The van der Waals surface area contributed by atoms with Crippen LogP contribution in [0.5, 0.6) is 0 Å². The summed E-state index contributed by atoms with van der Waals surface area (Å²) in [6.07, 6.45) is 3.47. The fourth-order valence-corrected chi connectivity index (χ4v) is 3.44. The van der Waals surface area contributed by atoms with Gasteiger partial charge >= 0.3 is 0 Å². The van der Waals surface area contributed by atoms with Crippen LogP contribution in [0.4, 0.5) is 0 Å². The molecule has 1 aliphatic rings. The molecule has 17 heavy (non-hydrogen) atoms. The van der Waals surface area contributed by atoms with Crippen LogP contribution in [-0.2, 0) is 19.6 Å². The molecule has 2 aromatic heterocycles. The average Bonchev–Trinajstić information content (AvgIpc) is 2.92. The Labute approximate surface area is 105 Å². The van der Waals surface area contributed by atoms with E-state index in [0.717, 1.165) is 24.5 Å².